The van der Waals surface area contributed by atoms with Crippen molar-refractivity contribution in [2.75, 3.05) is 6.54 Å². The molecule has 1 aromatic carbocycles. The fraction of sp³-hybridized carbons (Fsp3) is 0.429. The fourth-order valence-electron chi connectivity index (χ4n) is 2.71. The van der Waals surface area contributed by atoms with Crippen molar-refractivity contribution >= 4 is 17.6 Å². The molecule has 2 unspecified atom stereocenters. The third-order valence-corrected chi connectivity index (χ3v) is 3.98. The minimum Gasteiger partial charge on any atom is -0.481 e. The van der Waals surface area contributed by atoms with Crippen molar-refractivity contribution in [3.05, 3.63) is 39.4 Å². The summed E-state index contributed by atoms with van der Waals surface area (Å²) in [6.45, 7) is 3.73. The van der Waals surface area contributed by atoms with Gasteiger partial charge in [0.15, 0.2) is 0 Å². The number of carboxylic acids is 1. The third-order valence-electron chi connectivity index (χ3n) is 3.98. The molecule has 0 saturated carbocycles. The van der Waals surface area contributed by atoms with Crippen LogP contribution in [-0.2, 0) is 4.79 Å². The van der Waals surface area contributed by atoms with Gasteiger partial charge in [-0.2, -0.15) is 0 Å². The lowest BCUT2D eigenvalue weighted by Crippen LogP contribution is -2.37. The van der Waals surface area contributed by atoms with Crippen molar-refractivity contribution in [2.24, 2.45) is 5.92 Å². The average molecular weight is 292 g/mol. The van der Waals surface area contributed by atoms with Crippen molar-refractivity contribution in [1.29, 1.82) is 0 Å². The zero-order valence-electron chi connectivity index (χ0n) is 11.8. The Morgan fingerprint density at radius 1 is 1.43 bits per heavy atom. The van der Waals surface area contributed by atoms with Gasteiger partial charge in [0.2, 0.25) is 0 Å². The monoisotopic (exact) mass is 292 g/mol. The minimum atomic E-state index is -0.904. The summed E-state index contributed by atoms with van der Waals surface area (Å²) in [7, 11) is 0. The van der Waals surface area contributed by atoms with E-state index in [0.29, 0.717) is 24.1 Å². The van der Waals surface area contributed by atoms with Gasteiger partial charge in [-0.15, -0.1) is 0 Å². The molecule has 0 radical (unpaired) electrons. The highest BCUT2D eigenvalue weighted by Gasteiger charge is 2.38. The topological polar surface area (TPSA) is 101 Å². The first-order valence-corrected chi connectivity index (χ1v) is 6.61. The molecule has 7 nitrogen and oxygen atoms in total. The first kappa shape index (κ1) is 15.0. The lowest BCUT2D eigenvalue weighted by Gasteiger charge is -2.24. The number of non-ortho nitro benzene ring substituents is 1. The van der Waals surface area contributed by atoms with E-state index in [-0.39, 0.29) is 17.6 Å². The first-order valence-electron chi connectivity index (χ1n) is 6.61. The van der Waals surface area contributed by atoms with Crippen LogP contribution in [0.2, 0.25) is 0 Å². The van der Waals surface area contributed by atoms with Crippen LogP contribution >= 0.6 is 0 Å². The number of likely N-dealkylation sites (tertiary alicyclic amines) is 1. The summed E-state index contributed by atoms with van der Waals surface area (Å²) in [5, 5.41) is 19.8. The molecule has 1 aromatic rings. The van der Waals surface area contributed by atoms with Crippen LogP contribution in [0, 0.1) is 23.0 Å². The Hall–Kier alpha value is -2.44. The number of carbonyl (C=O) groups excluding carboxylic acids is 1. The predicted octanol–water partition coefficient (Wildman–Crippen LogP) is 1.84. The Morgan fingerprint density at radius 2 is 2.10 bits per heavy atom. The van der Waals surface area contributed by atoms with Gasteiger partial charge < -0.3 is 10.0 Å². The molecule has 1 aliphatic rings. The lowest BCUT2D eigenvalue weighted by atomic mass is 10.0. The summed E-state index contributed by atoms with van der Waals surface area (Å²) in [5.74, 6) is -1.75. The van der Waals surface area contributed by atoms with E-state index in [1.165, 1.54) is 23.1 Å². The second kappa shape index (κ2) is 5.51. The van der Waals surface area contributed by atoms with Crippen molar-refractivity contribution in [3.8, 4) is 0 Å². The lowest BCUT2D eigenvalue weighted by molar-refractivity contribution is -0.384. The fourth-order valence-corrected chi connectivity index (χ4v) is 2.71. The number of nitro benzene ring substituents is 1. The van der Waals surface area contributed by atoms with Gasteiger partial charge in [-0.05, 0) is 31.9 Å². The second-order valence-corrected chi connectivity index (χ2v) is 5.23. The van der Waals surface area contributed by atoms with Crippen molar-refractivity contribution < 1.29 is 19.6 Å². The molecule has 1 aliphatic heterocycles. The molecular weight excluding hydrogens is 276 g/mol. The minimum absolute atomic E-state index is 0.0677. The van der Waals surface area contributed by atoms with E-state index in [9.17, 15) is 19.7 Å². The number of nitrogens with zero attached hydrogens (tertiary/aromatic N) is 2. The molecule has 0 bridgehead atoms. The number of benzene rings is 1. The van der Waals surface area contributed by atoms with Crippen LogP contribution in [0.3, 0.4) is 0 Å². The number of hydrogen-bond acceptors (Lipinski definition) is 4. The molecule has 2 rings (SSSR count). The molecule has 21 heavy (non-hydrogen) atoms. The molecule has 1 heterocycles. The normalized spacial score (nSPS) is 21.3. The van der Waals surface area contributed by atoms with E-state index in [4.69, 9.17) is 5.11 Å². The summed E-state index contributed by atoms with van der Waals surface area (Å²) in [6, 6.07) is 3.68. The number of carboxylic acid groups (broad SMARTS) is 1. The molecule has 0 aliphatic carbocycles. The van der Waals surface area contributed by atoms with Gasteiger partial charge in [-0.1, -0.05) is 0 Å². The van der Waals surface area contributed by atoms with Crippen LogP contribution in [-0.4, -0.2) is 39.4 Å². The zero-order chi connectivity index (χ0) is 15.7. The average Bonchev–Trinajstić information content (AvgIpc) is 2.79. The van der Waals surface area contributed by atoms with E-state index in [0.717, 1.165) is 0 Å². The number of rotatable bonds is 3. The smallest absolute Gasteiger partial charge is 0.308 e. The van der Waals surface area contributed by atoms with E-state index >= 15 is 0 Å². The van der Waals surface area contributed by atoms with Crippen molar-refractivity contribution in [3.63, 3.8) is 0 Å². The van der Waals surface area contributed by atoms with Gasteiger partial charge in [-0.3, -0.25) is 19.7 Å². The molecule has 112 valence electrons. The Morgan fingerprint density at radius 3 is 2.57 bits per heavy atom. The van der Waals surface area contributed by atoms with Gasteiger partial charge in [0.25, 0.3) is 11.6 Å². The van der Waals surface area contributed by atoms with E-state index < -0.39 is 16.8 Å². The maximum absolute atomic E-state index is 12.5. The molecule has 1 fully saturated rings. The van der Waals surface area contributed by atoms with Gasteiger partial charge in [0, 0.05) is 30.3 Å². The largest absolute Gasteiger partial charge is 0.481 e. The first-order chi connectivity index (χ1) is 9.82. The highest BCUT2D eigenvalue weighted by Crippen LogP contribution is 2.27. The van der Waals surface area contributed by atoms with Gasteiger partial charge >= 0.3 is 5.97 Å². The van der Waals surface area contributed by atoms with E-state index in [1.54, 1.807) is 13.8 Å². The Balaban J connectivity index is 2.25. The van der Waals surface area contributed by atoms with Crippen LogP contribution in [0.5, 0.6) is 0 Å². The second-order valence-electron chi connectivity index (χ2n) is 5.23. The van der Waals surface area contributed by atoms with Crippen molar-refractivity contribution in [2.45, 2.75) is 26.3 Å². The van der Waals surface area contributed by atoms with Crippen LogP contribution in [0.4, 0.5) is 5.69 Å². The molecule has 7 heteroatoms. The number of nitro groups is 1. The quantitative estimate of drug-likeness (QED) is 0.676. The third kappa shape index (κ3) is 2.72. The molecule has 1 amide bonds. The number of aryl methyl sites for hydroxylation is 1. The Labute approximate surface area is 121 Å². The summed E-state index contributed by atoms with van der Waals surface area (Å²) < 4.78 is 0. The maximum Gasteiger partial charge on any atom is 0.308 e. The van der Waals surface area contributed by atoms with Crippen molar-refractivity contribution in [1.82, 2.24) is 4.90 Å². The summed E-state index contributed by atoms with van der Waals surface area (Å²) in [5.41, 5.74) is 0.820. The number of aliphatic carboxylic acids is 1. The molecule has 1 N–H and O–H groups in total. The van der Waals surface area contributed by atoms with Gasteiger partial charge in [0.05, 0.1) is 10.8 Å². The van der Waals surface area contributed by atoms with Gasteiger partial charge in [-0.25, -0.2) is 0 Å². The molecule has 2 atom stereocenters. The summed E-state index contributed by atoms with van der Waals surface area (Å²) >= 11 is 0. The van der Waals surface area contributed by atoms with Crippen LogP contribution in [0.15, 0.2) is 18.2 Å². The summed E-state index contributed by atoms with van der Waals surface area (Å²) in [4.78, 5) is 35.3. The Kier molecular flexibility index (Phi) is 3.93. The standard InChI is InChI=1S/C14H16N2O5/c1-8-7-10(16(20)21)3-4-11(8)13(17)15-6-5-12(9(15)2)14(18)19/h3-4,7,9,12H,5-6H2,1-2H3,(H,18,19). The zero-order valence-corrected chi connectivity index (χ0v) is 11.8. The molecule has 0 aromatic heterocycles. The van der Waals surface area contributed by atoms with Crippen LogP contribution in [0.25, 0.3) is 0 Å². The van der Waals surface area contributed by atoms with Gasteiger partial charge in [0.1, 0.15) is 0 Å². The highest BCUT2D eigenvalue weighted by molar-refractivity contribution is 5.96. The number of carbonyl (C=O) groups is 2. The van der Waals surface area contributed by atoms with Crippen LogP contribution in [0.1, 0.15) is 29.3 Å². The maximum atomic E-state index is 12.5. The Bertz CT molecular complexity index is 613. The van der Waals surface area contributed by atoms with E-state index in [2.05, 4.69) is 0 Å². The molecular formula is C14H16N2O5. The SMILES string of the molecule is Cc1cc([N+](=O)[O-])ccc1C(=O)N1CCC(C(=O)O)C1C. The highest BCUT2D eigenvalue weighted by atomic mass is 16.6. The van der Waals surface area contributed by atoms with E-state index in [1.807, 2.05) is 0 Å². The molecule has 1 saturated heterocycles. The number of amides is 1. The summed E-state index contributed by atoms with van der Waals surface area (Å²) in [6.07, 6.45) is 0.425. The molecule has 0 spiro atoms. The number of hydrogen-bond donors (Lipinski definition) is 1. The predicted molar refractivity (Wildman–Crippen MR) is 74.1 cm³/mol. The van der Waals surface area contributed by atoms with Crippen LogP contribution < -0.4 is 0 Å².